The summed E-state index contributed by atoms with van der Waals surface area (Å²) in [6.07, 6.45) is 0.689. The molecule has 94 valence electrons. The highest BCUT2D eigenvalue weighted by atomic mass is 32.2. The maximum atomic E-state index is 12.1. The number of benzene rings is 1. The van der Waals surface area contributed by atoms with Crippen LogP contribution in [-0.2, 0) is 9.84 Å². The molecule has 2 rings (SSSR count). The summed E-state index contributed by atoms with van der Waals surface area (Å²) in [6, 6.07) is 7.32. The molecule has 0 spiro atoms. The van der Waals surface area contributed by atoms with Gasteiger partial charge in [-0.3, -0.25) is 0 Å². The molecule has 17 heavy (non-hydrogen) atoms. The third-order valence-corrected chi connectivity index (χ3v) is 4.94. The molecule has 0 fully saturated rings. The van der Waals surface area contributed by atoms with Gasteiger partial charge in [0.2, 0.25) is 0 Å². The predicted molar refractivity (Wildman–Crippen MR) is 70.2 cm³/mol. The fraction of sp³-hybridized carbons (Fsp3) is 0.538. The Bertz CT molecular complexity index is 514. The van der Waals surface area contributed by atoms with Crippen molar-refractivity contribution in [2.24, 2.45) is 0 Å². The first-order chi connectivity index (χ1) is 7.82. The largest absolute Gasteiger partial charge is 0.366 e. The monoisotopic (exact) mass is 253 g/mol. The van der Waals surface area contributed by atoms with Gasteiger partial charge < -0.3 is 4.90 Å². The predicted octanol–water partition coefficient (Wildman–Crippen LogP) is 2.47. The van der Waals surface area contributed by atoms with Gasteiger partial charge in [-0.15, -0.1) is 0 Å². The molecule has 3 nitrogen and oxygen atoms in total. The van der Waals surface area contributed by atoms with Crippen molar-refractivity contribution in [3.63, 3.8) is 0 Å². The smallest absolute Gasteiger partial charge is 0.180 e. The molecule has 0 saturated carbocycles. The van der Waals surface area contributed by atoms with Crippen molar-refractivity contribution in [3.8, 4) is 0 Å². The van der Waals surface area contributed by atoms with Crippen LogP contribution in [0.5, 0.6) is 0 Å². The molecule has 1 aromatic rings. The van der Waals surface area contributed by atoms with Crippen LogP contribution in [0.2, 0.25) is 0 Å². The highest BCUT2D eigenvalue weighted by Crippen LogP contribution is 2.33. The normalized spacial score (nSPS) is 19.6. The lowest BCUT2D eigenvalue weighted by atomic mass is 10.0. The Labute approximate surface area is 103 Å². The van der Waals surface area contributed by atoms with Crippen molar-refractivity contribution >= 4 is 15.5 Å². The second-order valence-electron chi connectivity index (χ2n) is 5.46. The molecular weight excluding hydrogens is 234 g/mol. The van der Waals surface area contributed by atoms with Gasteiger partial charge in [-0.05, 0) is 39.3 Å². The Hall–Kier alpha value is -1.03. The van der Waals surface area contributed by atoms with Crippen molar-refractivity contribution in [3.05, 3.63) is 24.3 Å². The van der Waals surface area contributed by atoms with Crippen molar-refractivity contribution in [2.75, 3.05) is 17.2 Å². The van der Waals surface area contributed by atoms with E-state index in [0.29, 0.717) is 11.3 Å². The van der Waals surface area contributed by atoms with Gasteiger partial charge in [0.05, 0.1) is 16.3 Å². The van der Waals surface area contributed by atoms with Crippen LogP contribution in [0.4, 0.5) is 5.69 Å². The summed E-state index contributed by atoms with van der Waals surface area (Å²) in [5, 5.41) is 0. The van der Waals surface area contributed by atoms with E-state index in [-0.39, 0.29) is 11.3 Å². The van der Waals surface area contributed by atoms with Crippen LogP contribution in [-0.4, -0.2) is 26.3 Å². The Morgan fingerprint density at radius 3 is 2.47 bits per heavy atom. The molecule has 0 atom stereocenters. The average molecular weight is 253 g/mol. The fourth-order valence-electron chi connectivity index (χ4n) is 2.28. The van der Waals surface area contributed by atoms with E-state index >= 15 is 0 Å². The molecule has 0 aromatic heterocycles. The van der Waals surface area contributed by atoms with Crippen molar-refractivity contribution in [2.45, 2.75) is 37.6 Å². The van der Waals surface area contributed by atoms with Gasteiger partial charge in [0, 0.05) is 12.1 Å². The third kappa shape index (κ3) is 2.32. The first kappa shape index (κ1) is 12.4. The van der Waals surface area contributed by atoms with Gasteiger partial charge in [0.1, 0.15) is 0 Å². The van der Waals surface area contributed by atoms with E-state index in [4.69, 9.17) is 0 Å². The van der Waals surface area contributed by atoms with Gasteiger partial charge in [-0.25, -0.2) is 8.42 Å². The van der Waals surface area contributed by atoms with Crippen molar-refractivity contribution < 1.29 is 8.42 Å². The minimum Gasteiger partial charge on any atom is -0.366 e. The standard InChI is InChI=1S/C13H19NO2S/c1-13(2,3)14-9-6-10-17(15,16)12-8-5-4-7-11(12)14/h4-5,7-8H,6,9-10H2,1-3H3. The summed E-state index contributed by atoms with van der Waals surface area (Å²) < 4.78 is 24.3. The topological polar surface area (TPSA) is 37.4 Å². The van der Waals surface area contributed by atoms with Gasteiger partial charge in [-0.1, -0.05) is 12.1 Å². The molecule has 1 heterocycles. The molecule has 1 aliphatic heterocycles. The quantitative estimate of drug-likeness (QED) is 0.713. The Morgan fingerprint density at radius 1 is 1.18 bits per heavy atom. The van der Waals surface area contributed by atoms with Gasteiger partial charge in [-0.2, -0.15) is 0 Å². The van der Waals surface area contributed by atoms with E-state index in [9.17, 15) is 8.42 Å². The minimum atomic E-state index is -3.11. The number of hydrogen-bond acceptors (Lipinski definition) is 3. The summed E-state index contributed by atoms with van der Waals surface area (Å²) in [5.74, 6) is 0.247. The number of sulfone groups is 1. The van der Waals surface area contributed by atoms with E-state index in [1.807, 2.05) is 12.1 Å². The lowest BCUT2D eigenvalue weighted by Crippen LogP contribution is -2.42. The van der Waals surface area contributed by atoms with E-state index in [2.05, 4.69) is 25.7 Å². The lowest BCUT2D eigenvalue weighted by molar-refractivity contribution is 0.501. The second-order valence-corrected chi connectivity index (χ2v) is 7.54. The Kier molecular flexibility index (Phi) is 2.94. The third-order valence-electron chi connectivity index (χ3n) is 3.10. The maximum Gasteiger partial charge on any atom is 0.180 e. The molecule has 0 aliphatic carbocycles. The zero-order chi connectivity index (χ0) is 12.7. The molecule has 0 radical (unpaired) electrons. The van der Waals surface area contributed by atoms with Gasteiger partial charge in [0.15, 0.2) is 9.84 Å². The van der Waals surface area contributed by atoms with Crippen LogP contribution in [0.1, 0.15) is 27.2 Å². The number of para-hydroxylation sites is 1. The van der Waals surface area contributed by atoms with Crippen molar-refractivity contribution in [1.82, 2.24) is 0 Å². The summed E-state index contributed by atoms with van der Waals surface area (Å²) in [5.41, 5.74) is 0.785. The van der Waals surface area contributed by atoms with E-state index < -0.39 is 9.84 Å². The molecule has 1 aliphatic rings. The van der Waals surface area contributed by atoms with Crippen molar-refractivity contribution in [1.29, 1.82) is 0 Å². The highest BCUT2D eigenvalue weighted by molar-refractivity contribution is 7.91. The second kappa shape index (κ2) is 4.02. The van der Waals surface area contributed by atoms with Crippen LogP contribution < -0.4 is 4.90 Å². The van der Waals surface area contributed by atoms with E-state index in [1.165, 1.54) is 0 Å². The summed E-state index contributed by atoms with van der Waals surface area (Å²) in [6.45, 7) is 7.13. The number of nitrogens with zero attached hydrogens (tertiary/aromatic N) is 1. The molecule has 0 bridgehead atoms. The molecule has 0 saturated heterocycles. The molecule has 4 heteroatoms. The van der Waals surface area contributed by atoms with E-state index in [1.54, 1.807) is 12.1 Å². The van der Waals surface area contributed by atoms with Gasteiger partial charge >= 0.3 is 0 Å². The SMILES string of the molecule is CC(C)(C)N1CCCS(=O)(=O)c2ccccc21. The Morgan fingerprint density at radius 2 is 1.82 bits per heavy atom. The Balaban J connectivity index is 2.63. The minimum absolute atomic E-state index is 0.0596. The first-order valence-electron chi connectivity index (χ1n) is 5.92. The lowest BCUT2D eigenvalue weighted by Gasteiger charge is -2.37. The molecule has 0 amide bonds. The number of fused-ring (bicyclic) bond motifs is 1. The average Bonchev–Trinajstić information content (AvgIpc) is 2.35. The molecule has 0 unspecified atom stereocenters. The molecular formula is C13H19NO2S. The fourth-order valence-corrected chi connectivity index (χ4v) is 3.79. The highest BCUT2D eigenvalue weighted by Gasteiger charge is 2.30. The van der Waals surface area contributed by atoms with Crippen LogP contribution >= 0.6 is 0 Å². The van der Waals surface area contributed by atoms with Crippen LogP contribution in [0.15, 0.2) is 29.2 Å². The van der Waals surface area contributed by atoms with Crippen LogP contribution in [0.25, 0.3) is 0 Å². The zero-order valence-corrected chi connectivity index (χ0v) is 11.4. The zero-order valence-electron chi connectivity index (χ0n) is 10.6. The van der Waals surface area contributed by atoms with Crippen LogP contribution in [0, 0.1) is 0 Å². The van der Waals surface area contributed by atoms with E-state index in [0.717, 1.165) is 12.2 Å². The molecule has 1 aromatic carbocycles. The number of anilines is 1. The summed E-state index contributed by atoms with van der Waals surface area (Å²) in [4.78, 5) is 2.67. The number of rotatable bonds is 0. The van der Waals surface area contributed by atoms with Crippen LogP contribution in [0.3, 0.4) is 0 Å². The summed E-state index contributed by atoms with van der Waals surface area (Å²) >= 11 is 0. The maximum absolute atomic E-state index is 12.1. The molecule has 0 N–H and O–H groups in total. The summed E-state index contributed by atoms with van der Waals surface area (Å²) in [7, 11) is -3.11. The van der Waals surface area contributed by atoms with Gasteiger partial charge in [0.25, 0.3) is 0 Å². The first-order valence-corrected chi connectivity index (χ1v) is 7.57. The number of hydrogen-bond donors (Lipinski definition) is 0.